The lowest BCUT2D eigenvalue weighted by atomic mass is 9.38. The van der Waals surface area contributed by atoms with Crippen LogP contribution in [0, 0.1) is 18.2 Å². The molecule has 8 heteroatoms. The molecular weight excluding hydrogens is 385 g/mol. The van der Waals surface area contributed by atoms with E-state index in [2.05, 4.69) is 15.3 Å². The van der Waals surface area contributed by atoms with Gasteiger partial charge in [-0.3, -0.25) is 14.6 Å². The van der Waals surface area contributed by atoms with Crippen LogP contribution in [0.5, 0.6) is 5.75 Å². The van der Waals surface area contributed by atoms with Crippen molar-refractivity contribution in [3.8, 4) is 5.75 Å². The van der Waals surface area contributed by atoms with Crippen molar-refractivity contribution >= 4 is 23.3 Å². The maximum Gasteiger partial charge on any atom is 0.271 e. The Bertz CT molecular complexity index is 928. The summed E-state index contributed by atoms with van der Waals surface area (Å²) in [5.74, 6) is -0.586. The van der Waals surface area contributed by atoms with Crippen molar-refractivity contribution in [3.63, 3.8) is 0 Å². The van der Waals surface area contributed by atoms with Gasteiger partial charge in [-0.05, 0) is 43.7 Å². The van der Waals surface area contributed by atoms with Crippen molar-refractivity contribution in [3.05, 3.63) is 52.8 Å². The molecule has 0 atom stereocenters. The number of halogens is 2. The summed E-state index contributed by atoms with van der Waals surface area (Å²) >= 11 is 5.62. The molecular formula is C20H19ClFN3O3. The molecule has 28 heavy (non-hydrogen) atoms. The molecule has 1 N–H and O–H groups in total. The molecule has 0 radical (unpaired) electrons. The van der Waals surface area contributed by atoms with Gasteiger partial charge >= 0.3 is 0 Å². The molecule has 2 bridgehead atoms. The number of aryl methyl sites for hydroxylation is 1. The molecule has 3 saturated carbocycles. The third-order valence-electron chi connectivity index (χ3n) is 5.40. The number of Topliss-reactive ketones (excluding diaryl/α,β-unsaturated/α-hetero) is 1. The van der Waals surface area contributed by atoms with E-state index in [1.54, 1.807) is 6.20 Å². The van der Waals surface area contributed by atoms with Gasteiger partial charge in [-0.2, -0.15) is 0 Å². The summed E-state index contributed by atoms with van der Waals surface area (Å²) in [7, 11) is 0. The summed E-state index contributed by atoms with van der Waals surface area (Å²) in [6.07, 6.45) is 5.73. The highest BCUT2D eigenvalue weighted by molar-refractivity contribution is 6.30. The summed E-state index contributed by atoms with van der Waals surface area (Å²) in [6.45, 7) is 1.70. The van der Waals surface area contributed by atoms with Crippen LogP contribution in [-0.2, 0) is 4.79 Å². The number of nitrogens with one attached hydrogen (secondary N) is 1. The van der Waals surface area contributed by atoms with Gasteiger partial charge in [0.05, 0.1) is 16.9 Å². The van der Waals surface area contributed by atoms with Gasteiger partial charge in [0.1, 0.15) is 23.9 Å². The van der Waals surface area contributed by atoms with E-state index in [1.165, 1.54) is 18.3 Å². The van der Waals surface area contributed by atoms with Gasteiger partial charge < -0.3 is 10.1 Å². The Morgan fingerprint density at radius 3 is 2.64 bits per heavy atom. The molecule has 1 aromatic carbocycles. The summed E-state index contributed by atoms with van der Waals surface area (Å²) < 4.78 is 18.8. The van der Waals surface area contributed by atoms with Gasteiger partial charge in [0.15, 0.2) is 5.78 Å². The van der Waals surface area contributed by atoms with Crippen molar-refractivity contribution in [2.45, 2.75) is 38.1 Å². The number of rotatable bonds is 7. The zero-order valence-corrected chi connectivity index (χ0v) is 16.1. The first-order valence-electron chi connectivity index (χ1n) is 8.99. The molecule has 1 heterocycles. The summed E-state index contributed by atoms with van der Waals surface area (Å²) in [4.78, 5) is 32.7. The number of ketones is 1. The molecule has 3 aliphatic carbocycles. The van der Waals surface area contributed by atoms with Crippen LogP contribution in [0.25, 0.3) is 0 Å². The van der Waals surface area contributed by atoms with Crippen molar-refractivity contribution < 1.29 is 18.7 Å². The lowest BCUT2D eigenvalue weighted by Crippen LogP contribution is -2.75. The van der Waals surface area contributed by atoms with Crippen LogP contribution in [0.4, 0.5) is 4.39 Å². The van der Waals surface area contributed by atoms with E-state index in [0.717, 1.165) is 31.0 Å². The molecule has 1 amide bonds. The zero-order valence-electron chi connectivity index (χ0n) is 15.3. The van der Waals surface area contributed by atoms with Gasteiger partial charge in [0.2, 0.25) is 0 Å². The lowest BCUT2D eigenvalue weighted by Gasteiger charge is -2.70. The second-order valence-electron chi connectivity index (χ2n) is 7.89. The monoisotopic (exact) mass is 403 g/mol. The van der Waals surface area contributed by atoms with E-state index < -0.39 is 5.82 Å². The number of hydrogen-bond donors (Lipinski definition) is 1. The predicted molar refractivity (Wildman–Crippen MR) is 99.8 cm³/mol. The Balaban J connectivity index is 1.24. The Hall–Kier alpha value is -2.54. The molecule has 0 saturated heterocycles. The van der Waals surface area contributed by atoms with E-state index in [9.17, 15) is 14.0 Å². The van der Waals surface area contributed by atoms with Crippen molar-refractivity contribution in [1.29, 1.82) is 0 Å². The van der Waals surface area contributed by atoms with Gasteiger partial charge in [-0.15, -0.1) is 0 Å². The fourth-order valence-electron chi connectivity index (χ4n) is 4.33. The van der Waals surface area contributed by atoms with Crippen LogP contribution in [-0.4, -0.2) is 33.8 Å². The normalized spacial score (nSPS) is 24.7. The molecule has 0 aliphatic heterocycles. The largest absolute Gasteiger partial charge is 0.486 e. The first-order valence-corrected chi connectivity index (χ1v) is 9.37. The van der Waals surface area contributed by atoms with E-state index in [1.807, 2.05) is 6.92 Å². The molecule has 3 fully saturated rings. The average molecular weight is 404 g/mol. The predicted octanol–water partition coefficient (Wildman–Crippen LogP) is 3.27. The summed E-state index contributed by atoms with van der Waals surface area (Å²) in [6, 6.07) is 4.08. The molecule has 2 aromatic rings. The summed E-state index contributed by atoms with van der Waals surface area (Å²) in [5, 5.41) is 3.03. The molecule has 0 spiro atoms. The van der Waals surface area contributed by atoms with E-state index in [-0.39, 0.29) is 40.0 Å². The maximum atomic E-state index is 13.4. The number of aromatic nitrogens is 2. The minimum absolute atomic E-state index is 0.0107. The minimum atomic E-state index is -0.581. The standard InChI is InChI=1S/C20H19ClFN3O3/c1-12-6-24-17(7-23-12)18(27)25-20-9-19(10-20,11-20)5-13(26)8-28-14-2-3-15(21)16(22)4-14/h2-4,6-7H,5,8-11H2,1H3,(H,25,27). The van der Waals surface area contributed by atoms with E-state index in [0.29, 0.717) is 12.1 Å². The number of ether oxygens (including phenoxy) is 1. The second-order valence-corrected chi connectivity index (χ2v) is 8.30. The van der Waals surface area contributed by atoms with Crippen LogP contribution >= 0.6 is 11.6 Å². The third kappa shape index (κ3) is 3.58. The first kappa shape index (κ1) is 18.8. The number of hydrogen-bond acceptors (Lipinski definition) is 5. The van der Waals surface area contributed by atoms with Crippen molar-refractivity contribution in [2.75, 3.05) is 6.61 Å². The van der Waals surface area contributed by atoms with Crippen LogP contribution in [0.2, 0.25) is 5.02 Å². The highest BCUT2D eigenvalue weighted by Gasteiger charge is 2.68. The molecule has 3 aliphatic rings. The molecule has 1 aromatic heterocycles. The number of carbonyl (C=O) groups is 2. The fourth-order valence-corrected chi connectivity index (χ4v) is 4.45. The molecule has 6 nitrogen and oxygen atoms in total. The Kier molecular flexibility index (Phi) is 4.57. The van der Waals surface area contributed by atoms with Gasteiger partial charge in [-0.25, -0.2) is 9.37 Å². The van der Waals surface area contributed by atoms with Gasteiger partial charge in [0.25, 0.3) is 5.91 Å². The van der Waals surface area contributed by atoms with E-state index in [4.69, 9.17) is 16.3 Å². The smallest absolute Gasteiger partial charge is 0.271 e. The molecule has 146 valence electrons. The highest BCUT2D eigenvalue weighted by Crippen LogP contribution is 2.69. The lowest BCUT2D eigenvalue weighted by molar-refractivity contribution is -0.162. The summed E-state index contributed by atoms with van der Waals surface area (Å²) in [5.41, 5.74) is 0.759. The Morgan fingerprint density at radius 1 is 1.25 bits per heavy atom. The quantitative estimate of drug-likeness (QED) is 0.767. The van der Waals surface area contributed by atoms with Gasteiger partial charge in [0, 0.05) is 24.2 Å². The average Bonchev–Trinajstić information content (AvgIpc) is 2.60. The van der Waals surface area contributed by atoms with Crippen LogP contribution in [0.3, 0.4) is 0 Å². The number of amides is 1. The second kappa shape index (κ2) is 6.81. The van der Waals surface area contributed by atoms with Crippen molar-refractivity contribution in [2.24, 2.45) is 5.41 Å². The van der Waals surface area contributed by atoms with Crippen LogP contribution in [0.15, 0.2) is 30.6 Å². The Morgan fingerprint density at radius 2 is 2.00 bits per heavy atom. The SMILES string of the molecule is Cc1cnc(C(=O)NC23CC(CC(=O)COc4ccc(Cl)c(F)c4)(C2)C3)cn1. The zero-order chi connectivity index (χ0) is 19.9. The minimum Gasteiger partial charge on any atom is -0.486 e. The molecule has 5 rings (SSSR count). The maximum absolute atomic E-state index is 13.4. The number of nitrogens with zero attached hydrogens (tertiary/aromatic N) is 2. The topological polar surface area (TPSA) is 81.2 Å². The first-order chi connectivity index (χ1) is 13.3. The van der Waals surface area contributed by atoms with E-state index >= 15 is 0 Å². The highest BCUT2D eigenvalue weighted by atomic mass is 35.5. The number of carbonyl (C=O) groups excluding carboxylic acids is 2. The fraction of sp³-hybridized carbons (Fsp3) is 0.400. The Labute approximate surface area is 166 Å². The molecule has 0 unspecified atom stereocenters. The van der Waals surface area contributed by atoms with Crippen molar-refractivity contribution in [1.82, 2.24) is 15.3 Å². The van der Waals surface area contributed by atoms with Crippen LogP contribution < -0.4 is 10.1 Å². The van der Waals surface area contributed by atoms with Crippen LogP contribution in [0.1, 0.15) is 41.9 Å². The number of benzene rings is 1. The third-order valence-corrected chi connectivity index (χ3v) is 5.70. The van der Waals surface area contributed by atoms with Gasteiger partial charge in [-0.1, -0.05) is 11.6 Å².